The highest BCUT2D eigenvalue weighted by Gasteiger charge is 2.16. The lowest BCUT2D eigenvalue weighted by Gasteiger charge is -2.23. The van der Waals surface area contributed by atoms with Crippen LogP contribution in [0.2, 0.25) is 0 Å². The zero-order chi connectivity index (χ0) is 13.2. The van der Waals surface area contributed by atoms with Crippen molar-refractivity contribution in [2.45, 2.75) is 18.9 Å². The Bertz CT molecular complexity index is 600. The number of benzene rings is 1. The van der Waals surface area contributed by atoms with Crippen molar-refractivity contribution in [3.8, 4) is 0 Å². The zero-order valence-electron chi connectivity index (χ0n) is 10.9. The molecule has 0 atom stereocenters. The molecule has 2 N–H and O–H groups in total. The summed E-state index contributed by atoms with van der Waals surface area (Å²) in [6, 6.07) is 5.76. The van der Waals surface area contributed by atoms with Gasteiger partial charge in [-0.3, -0.25) is 4.79 Å². The number of nitrogens with one attached hydrogen (secondary N) is 2. The number of hydrogen-bond acceptors (Lipinski definition) is 4. The number of amides is 1. The van der Waals surface area contributed by atoms with Crippen molar-refractivity contribution >= 4 is 16.9 Å². The van der Waals surface area contributed by atoms with E-state index in [1.807, 2.05) is 19.2 Å². The standard InChI is InChI=1S/C13H17N5O/c1-18-12-3-2-9(8-11(12)16-17-18)13(19)15-10-4-6-14-7-5-10/h2-3,8,10,14H,4-7H2,1H3,(H,15,19). The van der Waals surface area contributed by atoms with Crippen molar-refractivity contribution in [1.82, 2.24) is 25.6 Å². The molecule has 6 nitrogen and oxygen atoms in total. The van der Waals surface area contributed by atoms with Gasteiger partial charge in [-0.25, -0.2) is 4.68 Å². The predicted octanol–water partition coefficient (Wildman–Crippen LogP) is 0.450. The van der Waals surface area contributed by atoms with Crippen molar-refractivity contribution in [2.75, 3.05) is 13.1 Å². The van der Waals surface area contributed by atoms with Crippen LogP contribution in [-0.2, 0) is 7.05 Å². The van der Waals surface area contributed by atoms with Gasteiger partial charge in [0.2, 0.25) is 0 Å². The highest BCUT2D eigenvalue weighted by atomic mass is 16.1. The molecule has 0 radical (unpaired) electrons. The van der Waals surface area contributed by atoms with E-state index in [9.17, 15) is 4.79 Å². The Labute approximate surface area is 111 Å². The number of fused-ring (bicyclic) bond motifs is 1. The molecular formula is C13H17N5O. The number of aryl methyl sites for hydroxylation is 1. The summed E-state index contributed by atoms with van der Waals surface area (Å²) in [4.78, 5) is 12.2. The molecule has 2 aromatic rings. The molecule has 0 aliphatic carbocycles. The highest BCUT2D eigenvalue weighted by Crippen LogP contribution is 2.13. The molecule has 0 saturated carbocycles. The van der Waals surface area contributed by atoms with Gasteiger partial charge in [0.1, 0.15) is 5.52 Å². The molecule has 1 aromatic carbocycles. The fourth-order valence-corrected chi connectivity index (χ4v) is 2.42. The topological polar surface area (TPSA) is 71.8 Å². The van der Waals surface area contributed by atoms with Crippen molar-refractivity contribution in [3.63, 3.8) is 0 Å². The van der Waals surface area contributed by atoms with Crippen molar-refractivity contribution < 1.29 is 4.79 Å². The van der Waals surface area contributed by atoms with E-state index in [1.54, 1.807) is 10.7 Å². The van der Waals surface area contributed by atoms with Crippen LogP contribution in [0.3, 0.4) is 0 Å². The average molecular weight is 259 g/mol. The number of rotatable bonds is 2. The van der Waals surface area contributed by atoms with E-state index in [2.05, 4.69) is 20.9 Å². The Kier molecular flexibility index (Phi) is 3.16. The normalized spacial score (nSPS) is 16.7. The molecule has 0 unspecified atom stereocenters. The molecule has 0 spiro atoms. The molecule has 2 heterocycles. The molecule has 6 heteroatoms. The quantitative estimate of drug-likeness (QED) is 0.821. The van der Waals surface area contributed by atoms with E-state index in [0.29, 0.717) is 5.56 Å². The van der Waals surface area contributed by atoms with Crippen LogP contribution in [0.15, 0.2) is 18.2 Å². The number of hydrogen-bond donors (Lipinski definition) is 2. The van der Waals surface area contributed by atoms with Gasteiger partial charge >= 0.3 is 0 Å². The summed E-state index contributed by atoms with van der Waals surface area (Å²) in [7, 11) is 1.84. The minimum atomic E-state index is -0.0283. The lowest BCUT2D eigenvalue weighted by Crippen LogP contribution is -2.42. The first-order valence-corrected chi connectivity index (χ1v) is 6.55. The maximum Gasteiger partial charge on any atom is 0.251 e. The predicted molar refractivity (Wildman–Crippen MR) is 71.9 cm³/mol. The molecule has 19 heavy (non-hydrogen) atoms. The van der Waals surface area contributed by atoms with Gasteiger partial charge in [0.15, 0.2) is 0 Å². The van der Waals surface area contributed by atoms with Crippen LogP contribution < -0.4 is 10.6 Å². The van der Waals surface area contributed by atoms with Gasteiger partial charge in [-0.1, -0.05) is 5.21 Å². The number of nitrogens with zero attached hydrogens (tertiary/aromatic N) is 3. The zero-order valence-corrected chi connectivity index (χ0v) is 10.9. The van der Waals surface area contributed by atoms with E-state index < -0.39 is 0 Å². The fourth-order valence-electron chi connectivity index (χ4n) is 2.42. The average Bonchev–Trinajstić information content (AvgIpc) is 2.81. The summed E-state index contributed by atoms with van der Waals surface area (Å²) in [6.45, 7) is 1.93. The fraction of sp³-hybridized carbons (Fsp3) is 0.462. The number of carbonyl (C=O) groups is 1. The molecule has 1 saturated heterocycles. The SMILES string of the molecule is Cn1nnc2cc(C(=O)NC3CCNCC3)ccc21. The summed E-state index contributed by atoms with van der Waals surface area (Å²) in [6.07, 6.45) is 1.97. The molecule has 3 rings (SSSR count). The number of carbonyl (C=O) groups excluding carboxylic acids is 1. The Hall–Kier alpha value is -1.95. The van der Waals surface area contributed by atoms with E-state index in [4.69, 9.17) is 0 Å². The van der Waals surface area contributed by atoms with Gasteiger partial charge in [0.05, 0.1) is 5.52 Å². The maximum atomic E-state index is 12.2. The van der Waals surface area contributed by atoms with Crippen LogP contribution in [0, 0.1) is 0 Å². The van der Waals surface area contributed by atoms with Crippen LogP contribution in [0.4, 0.5) is 0 Å². The van der Waals surface area contributed by atoms with E-state index in [1.165, 1.54) is 0 Å². The first kappa shape index (κ1) is 12.1. The van der Waals surface area contributed by atoms with Crippen molar-refractivity contribution in [1.29, 1.82) is 0 Å². The monoisotopic (exact) mass is 259 g/mol. The molecule has 100 valence electrons. The Morgan fingerprint density at radius 3 is 3.00 bits per heavy atom. The molecule has 1 aliphatic heterocycles. The maximum absolute atomic E-state index is 12.2. The van der Waals surface area contributed by atoms with Crippen LogP contribution in [0.25, 0.3) is 11.0 Å². The third-order valence-electron chi connectivity index (χ3n) is 3.55. The van der Waals surface area contributed by atoms with Crippen molar-refractivity contribution in [3.05, 3.63) is 23.8 Å². The summed E-state index contributed by atoms with van der Waals surface area (Å²) < 4.78 is 1.70. The second-order valence-electron chi connectivity index (χ2n) is 4.91. The smallest absolute Gasteiger partial charge is 0.251 e. The van der Waals surface area contributed by atoms with Crippen molar-refractivity contribution in [2.24, 2.45) is 7.05 Å². The Morgan fingerprint density at radius 1 is 1.42 bits per heavy atom. The summed E-state index contributed by atoms with van der Waals surface area (Å²) in [5.74, 6) is -0.0283. The molecule has 1 fully saturated rings. The third kappa shape index (κ3) is 2.44. The minimum absolute atomic E-state index is 0.0283. The van der Waals surface area contributed by atoms with Crippen LogP contribution in [0.1, 0.15) is 23.2 Å². The van der Waals surface area contributed by atoms with Gasteiger partial charge in [-0.05, 0) is 44.1 Å². The number of piperidine rings is 1. The molecule has 1 amide bonds. The van der Waals surface area contributed by atoms with Gasteiger partial charge in [0, 0.05) is 18.7 Å². The first-order valence-electron chi connectivity index (χ1n) is 6.55. The largest absolute Gasteiger partial charge is 0.349 e. The lowest BCUT2D eigenvalue weighted by molar-refractivity contribution is 0.0929. The van der Waals surface area contributed by atoms with Gasteiger partial charge in [-0.2, -0.15) is 0 Å². The minimum Gasteiger partial charge on any atom is -0.349 e. The molecule has 1 aliphatic rings. The lowest BCUT2D eigenvalue weighted by atomic mass is 10.1. The second-order valence-corrected chi connectivity index (χ2v) is 4.91. The second kappa shape index (κ2) is 4.97. The first-order chi connectivity index (χ1) is 9.24. The van der Waals surface area contributed by atoms with Crippen LogP contribution in [-0.4, -0.2) is 40.0 Å². The Balaban J connectivity index is 1.77. The van der Waals surface area contributed by atoms with Gasteiger partial charge in [0.25, 0.3) is 5.91 Å². The van der Waals surface area contributed by atoms with Crippen LogP contribution >= 0.6 is 0 Å². The van der Waals surface area contributed by atoms with Gasteiger partial charge < -0.3 is 10.6 Å². The van der Waals surface area contributed by atoms with E-state index in [-0.39, 0.29) is 11.9 Å². The summed E-state index contributed by atoms with van der Waals surface area (Å²) >= 11 is 0. The summed E-state index contributed by atoms with van der Waals surface area (Å²) in [5, 5.41) is 14.3. The highest BCUT2D eigenvalue weighted by molar-refractivity contribution is 5.97. The van der Waals surface area contributed by atoms with E-state index >= 15 is 0 Å². The van der Waals surface area contributed by atoms with Gasteiger partial charge in [-0.15, -0.1) is 5.10 Å². The summed E-state index contributed by atoms with van der Waals surface area (Å²) in [5.41, 5.74) is 2.32. The Morgan fingerprint density at radius 2 is 2.21 bits per heavy atom. The molecule has 1 aromatic heterocycles. The van der Waals surface area contributed by atoms with Crippen LogP contribution in [0.5, 0.6) is 0 Å². The van der Waals surface area contributed by atoms with E-state index in [0.717, 1.165) is 37.0 Å². The molecule has 0 bridgehead atoms. The third-order valence-corrected chi connectivity index (χ3v) is 3.55. The molecular weight excluding hydrogens is 242 g/mol. The number of aromatic nitrogens is 3.